The fourth-order valence-electron chi connectivity index (χ4n) is 3.34. The number of hydrogen-bond acceptors (Lipinski definition) is 3. The Bertz CT molecular complexity index is 290. The van der Waals surface area contributed by atoms with E-state index in [9.17, 15) is 4.79 Å². The second-order valence-electron chi connectivity index (χ2n) is 7.59. The highest BCUT2D eigenvalue weighted by Gasteiger charge is 2.06. The van der Waals surface area contributed by atoms with E-state index in [0.29, 0.717) is 13.0 Å². The van der Waals surface area contributed by atoms with Crippen LogP contribution in [-0.4, -0.2) is 37.1 Å². The predicted octanol–water partition coefficient (Wildman–Crippen LogP) is 6.74. The van der Waals surface area contributed by atoms with E-state index in [-0.39, 0.29) is 5.97 Å². The number of ether oxygens (including phenoxy) is 1. The molecule has 0 aromatic heterocycles. The molecule has 0 bridgehead atoms. The van der Waals surface area contributed by atoms with Crippen LogP contribution in [-0.2, 0) is 9.53 Å². The average molecular weight is 370 g/mol. The van der Waals surface area contributed by atoms with Crippen molar-refractivity contribution in [3.05, 3.63) is 0 Å². The zero-order valence-electron chi connectivity index (χ0n) is 18.2. The monoisotopic (exact) mass is 369 g/mol. The molecule has 0 heterocycles. The Kier molecular flexibility index (Phi) is 20.3. The zero-order chi connectivity index (χ0) is 19.3. The number of unbranched alkanes of at least 4 members (excludes halogenated alkanes) is 13. The minimum absolute atomic E-state index is 0.0356. The summed E-state index contributed by atoms with van der Waals surface area (Å²) in [7, 11) is 0. The summed E-state index contributed by atoms with van der Waals surface area (Å²) >= 11 is 0. The lowest BCUT2D eigenvalue weighted by Crippen LogP contribution is -2.26. The second-order valence-corrected chi connectivity index (χ2v) is 7.59. The first-order chi connectivity index (χ1) is 12.7. The number of esters is 1. The Morgan fingerprint density at radius 2 is 1.08 bits per heavy atom. The lowest BCUT2D eigenvalue weighted by atomic mass is 10.0. The number of carbonyl (C=O) groups is 1. The summed E-state index contributed by atoms with van der Waals surface area (Å²) in [5, 5.41) is 0. The summed E-state index contributed by atoms with van der Waals surface area (Å²) in [6, 6.07) is 0. The molecule has 0 aliphatic heterocycles. The molecule has 0 radical (unpaired) electrons. The van der Waals surface area contributed by atoms with Gasteiger partial charge in [0.05, 0.1) is 13.0 Å². The summed E-state index contributed by atoms with van der Waals surface area (Å²) < 4.78 is 5.32. The van der Waals surface area contributed by atoms with Crippen molar-refractivity contribution < 1.29 is 9.53 Å². The van der Waals surface area contributed by atoms with Gasteiger partial charge >= 0.3 is 5.97 Å². The molecule has 0 unspecified atom stereocenters. The van der Waals surface area contributed by atoms with Crippen molar-refractivity contribution in [2.45, 2.75) is 117 Å². The first-order valence-corrected chi connectivity index (χ1v) is 11.6. The van der Waals surface area contributed by atoms with Gasteiger partial charge in [-0.15, -0.1) is 0 Å². The maximum absolute atomic E-state index is 11.7. The standard InChI is InChI=1S/C23H47NO2/c1-4-7-8-9-10-11-12-13-14-15-16-17-18-19-22-26-23(25)20-21-24(5-2)6-3/h4-22H2,1-3H3. The van der Waals surface area contributed by atoms with Crippen LogP contribution in [0.5, 0.6) is 0 Å². The van der Waals surface area contributed by atoms with Gasteiger partial charge in [-0.1, -0.05) is 104 Å². The third kappa shape index (κ3) is 18.2. The van der Waals surface area contributed by atoms with E-state index in [1.54, 1.807) is 0 Å². The molecule has 3 heteroatoms. The van der Waals surface area contributed by atoms with Crippen molar-refractivity contribution in [3.63, 3.8) is 0 Å². The van der Waals surface area contributed by atoms with Crippen molar-refractivity contribution in [3.8, 4) is 0 Å². The second kappa shape index (κ2) is 20.7. The molecule has 0 atom stereocenters. The molecule has 0 saturated heterocycles. The van der Waals surface area contributed by atoms with E-state index in [1.165, 1.54) is 83.5 Å². The maximum Gasteiger partial charge on any atom is 0.307 e. The molecule has 0 aliphatic rings. The molecular formula is C23H47NO2. The quantitative estimate of drug-likeness (QED) is 0.176. The molecule has 0 saturated carbocycles. The Balaban J connectivity index is 3.18. The zero-order valence-corrected chi connectivity index (χ0v) is 18.2. The fourth-order valence-corrected chi connectivity index (χ4v) is 3.34. The van der Waals surface area contributed by atoms with Crippen molar-refractivity contribution in [2.75, 3.05) is 26.2 Å². The molecule has 0 aromatic rings. The van der Waals surface area contributed by atoms with E-state index >= 15 is 0 Å². The number of carbonyl (C=O) groups excluding carboxylic acids is 1. The number of rotatable bonds is 20. The van der Waals surface area contributed by atoms with Crippen LogP contribution in [0.4, 0.5) is 0 Å². The number of nitrogens with zero attached hydrogens (tertiary/aromatic N) is 1. The van der Waals surface area contributed by atoms with Gasteiger partial charge in [0.2, 0.25) is 0 Å². The van der Waals surface area contributed by atoms with Gasteiger partial charge in [0, 0.05) is 6.54 Å². The first kappa shape index (κ1) is 25.4. The largest absolute Gasteiger partial charge is 0.466 e. The summed E-state index contributed by atoms with van der Waals surface area (Å²) in [5.41, 5.74) is 0. The normalized spacial score (nSPS) is 11.2. The minimum atomic E-state index is -0.0356. The van der Waals surface area contributed by atoms with Crippen molar-refractivity contribution in [1.82, 2.24) is 4.90 Å². The molecule has 0 N–H and O–H groups in total. The molecule has 0 aromatic carbocycles. The van der Waals surface area contributed by atoms with E-state index in [4.69, 9.17) is 4.74 Å². The molecule has 0 amide bonds. The molecule has 156 valence electrons. The van der Waals surface area contributed by atoms with Crippen LogP contribution in [0, 0.1) is 0 Å². The number of hydrogen-bond donors (Lipinski definition) is 0. The summed E-state index contributed by atoms with van der Waals surface area (Å²) in [6.45, 7) is 9.97. The molecule has 26 heavy (non-hydrogen) atoms. The highest BCUT2D eigenvalue weighted by atomic mass is 16.5. The van der Waals surface area contributed by atoms with Gasteiger partial charge < -0.3 is 9.64 Å². The van der Waals surface area contributed by atoms with Crippen LogP contribution in [0.15, 0.2) is 0 Å². The van der Waals surface area contributed by atoms with Crippen LogP contribution >= 0.6 is 0 Å². The topological polar surface area (TPSA) is 29.5 Å². The highest BCUT2D eigenvalue weighted by Crippen LogP contribution is 2.13. The summed E-state index contributed by atoms with van der Waals surface area (Å²) in [5.74, 6) is -0.0356. The highest BCUT2D eigenvalue weighted by molar-refractivity contribution is 5.69. The Morgan fingerprint density at radius 1 is 0.654 bits per heavy atom. The maximum atomic E-state index is 11.7. The summed E-state index contributed by atoms with van der Waals surface area (Å²) in [4.78, 5) is 13.9. The SMILES string of the molecule is CCCCCCCCCCCCCCCCOC(=O)CCN(CC)CC. The van der Waals surface area contributed by atoms with Crippen molar-refractivity contribution in [1.29, 1.82) is 0 Å². The third-order valence-corrected chi connectivity index (χ3v) is 5.29. The van der Waals surface area contributed by atoms with Gasteiger partial charge in [0.1, 0.15) is 0 Å². The van der Waals surface area contributed by atoms with Gasteiger partial charge in [0.15, 0.2) is 0 Å². The van der Waals surface area contributed by atoms with Gasteiger partial charge in [0.25, 0.3) is 0 Å². The fraction of sp³-hybridized carbons (Fsp3) is 0.957. The molecule has 3 nitrogen and oxygen atoms in total. The van der Waals surface area contributed by atoms with Crippen LogP contribution in [0.3, 0.4) is 0 Å². The Hall–Kier alpha value is -0.570. The van der Waals surface area contributed by atoms with Crippen molar-refractivity contribution >= 4 is 5.97 Å². The molecule has 0 spiro atoms. The summed E-state index contributed by atoms with van der Waals surface area (Å²) in [6.07, 6.45) is 19.5. The lowest BCUT2D eigenvalue weighted by molar-refractivity contribution is -0.144. The van der Waals surface area contributed by atoms with E-state index < -0.39 is 0 Å². The van der Waals surface area contributed by atoms with E-state index in [0.717, 1.165) is 26.1 Å². The molecule has 0 aliphatic carbocycles. The van der Waals surface area contributed by atoms with Gasteiger partial charge in [-0.2, -0.15) is 0 Å². The smallest absolute Gasteiger partial charge is 0.307 e. The van der Waals surface area contributed by atoms with Crippen LogP contribution in [0.2, 0.25) is 0 Å². The van der Waals surface area contributed by atoms with Crippen molar-refractivity contribution in [2.24, 2.45) is 0 Å². The van der Waals surface area contributed by atoms with Gasteiger partial charge in [-0.05, 0) is 19.5 Å². The molecular weight excluding hydrogens is 322 g/mol. The average Bonchev–Trinajstić information content (AvgIpc) is 2.65. The van der Waals surface area contributed by atoms with Crippen LogP contribution < -0.4 is 0 Å². The molecule has 0 fully saturated rings. The third-order valence-electron chi connectivity index (χ3n) is 5.29. The van der Waals surface area contributed by atoms with E-state index in [2.05, 4.69) is 25.7 Å². The molecule has 0 rings (SSSR count). The van der Waals surface area contributed by atoms with Gasteiger partial charge in [-0.3, -0.25) is 4.79 Å². The predicted molar refractivity (Wildman–Crippen MR) is 114 cm³/mol. The Morgan fingerprint density at radius 3 is 1.50 bits per heavy atom. The van der Waals surface area contributed by atoms with Crippen LogP contribution in [0.1, 0.15) is 117 Å². The Labute approximate surface area is 164 Å². The first-order valence-electron chi connectivity index (χ1n) is 11.6. The minimum Gasteiger partial charge on any atom is -0.466 e. The van der Waals surface area contributed by atoms with Gasteiger partial charge in [-0.25, -0.2) is 0 Å². The van der Waals surface area contributed by atoms with Crippen LogP contribution in [0.25, 0.3) is 0 Å². The lowest BCUT2D eigenvalue weighted by Gasteiger charge is -2.16. The van der Waals surface area contributed by atoms with E-state index in [1.807, 2.05) is 0 Å².